The van der Waals surface area contributed by atoms with E-state index in [1.807, 2.05) is 24.3 Å². The van der Waals surface area contributed by atoms with E-state index in [-0.39, 0.29) is 11.8 Å². The van der Waals surface area contributed by atoms with E-state index in [1.165, 1.54) is 4.90 Å². The Morgan fingerprint density at radius 2 is 1.80 bits per heavy atom. The quantitative estimate of drug-likeness (QED) is 0.490. The summed E-state index contributed by atoms with van der Waals surface area (Å²) in [5, 5.41) is 3.12. The van der Waals surface area contributed by atoms with E-state index in [0.29, 0.717) is 34.2 Å². The molecule has 3 rings (SSSR count). The SMILES string of the molecule is CN(C)C(=O)c1ccc(Cl)c(NC(=O)c2ccccc2OCc2cccc(Br)c2)c1. The topological polar surface area (TPSA) is 58.6 Å². The number of halogens is 2. The molecule has 2 amide bonds. The van der Waals surface area contributed by atoms with Gasteiger partial charge in [-0.2, -0.15) is 0 Å². The predicted octanol–water partition coefficient (Wildman–Crippen LogP) is 5.64. The minimum Gasteiger partial charge on any atom is -0.488 e. The fourth-order valence-corrected chi connectivity index (χ4v) is 3.38. The van der Waals surface area contributed by atoms with E-state index in [9.17, 15) is 9.59 Å². The van der Waals surface area contributed by atoms with Crippen molar-refractivity contribution in [3.8, 4) is 5.75 Å². The minimum absolute atomic E-state index is 0.181. The molecule has 0 radical (unpaired) electrons. The van der Waals surface area contributed by atoms with Gasteiger partial charge in [-0.1, -0.05) is 51.8 Å². The maximum atomic E-state index is 12.9. The van der Waals surface area contributed by atoms with Crippen molar-refractivity contribution in [2.24, 2.45) is 0 Å². The largest absolute Gasteiger partial charge is 0.488 e. The molecule has 0 aliphatic rings. The van der Waals surface area contributed by atoms with Crippen molar-refractivity contribution in [1.82, 2.24) is 4.90 Å². The highest BCUT2D eigenvalue weighted by atomic mass is 79.9. The van der Waals surface area contributed by atoms with Crippen LogP contribution in [0.1, 0.15) is 26.3 Å². The first-order chi connectivity index (χ1) is 14.3. The standard InChI is InChI=1S/C23H20BrClN2O3/c1-27(2)23(29)16-10-11-19(25)20(13-16)26-22(28)18-8-3-4-9-21(18)30-14-15-6-5-7-17(24)12-15/h3-13H,14H2,1-2H3,(H,26,28). The number of amides is 2. The van der Waals surface area contributed by atoms with Gasteiger partial charge < -0.3 is 15.0 Å². The molecule has 3 aromatic carbocycles. The first-order valence-electron chi connectivity index (χ1n) is 9.14. The molecule has 154 valence electrons. The molecule has 0 saturated heterocycles. The van der Waals surface area contributed by atoms with E-state index in [4.69, 9.17) is 16.3 Å². The normalized spacial score (nSPS) is 10.4. The van der Waals surface area contributed by atoms with Gasteiger partial charge >= 0.3 is 0 Å². The highest BCUT2D eigenvalue weighted by Crippen LogP contribution is 2.26. The molecule has 0 unspecified atom stereocenters. The van der Waals surface area contributed by atoms with Crippen molar-refractivity contribution < 1.29 is 14.3 Å². The van der Waals surface area contributed by atoms with Gasteiger partial charge in [0.15, 0.2) is 0 Å². The summed E-state index contributed by atoms with van der Waals surface area (Å²) in [5.41, 5.74) is 2.13. The Morgan fingerprint density at radius 1 is 1.03 bits per heavy atom. The van der Waals surface area contributed by atoms with Crippen molar-refractivity contribution in [2.45, 2.75) is 6.61 Å². The van der Waals surface area contributed by atoms with Gasteiger partial charge in [-0.25, -0.2) is 0 Å². The number of hydrogen-bond donors (Lipinski definition) is 1. The van der Waals surface area contributed by atoms with Gasteiger partial charge in [0.2, 0.25) is 0 Å². The molecule has 0 fully saturated rings. The summed E-state index contributed by atoms with van der Waals surface area (Å²) in [4.78, 5) is 26.6. The number of hydrogen-bond acceptors (Lipinski definition) is 3. The molecule has 0 aliphatic carbocycles. The Labute approximate surface area is 188 Å². The van der Waals surface area contributed by atoms with Crippen molar-refractivity contribution in [3.63, 3.8) is 0 Å². The van der Waals surface area contributed by atoms with Crippen LogP contribution < -0.4 is 10.1 Å². The monoisotopic (exact) mass is 486 g/mol. The summed E-state index contributed by atoms with van der Waals surface area (Å²) in [6.07, 6.45) is 0. The fourth-order valence-electron chi connectivity index (χ4n) is 2.77. The third-order valence-corrected chi connectivity index (χ3v) is 5.11. The zero-order valence-electron chi connectivity index (χ0n) is 16.5. The molecule has 0 aliphatic heterocycles. The van der Waals surface area contributed by atoms with Crippen LogP contribution in [0.15, 0.2) is 71.2 Å². The summed E-state index contributed by atoms with van der Waals surface area (Å²) in [7, 11) is 3.32. The van der Waals surface area contributed by atoms with Crippen LogP contribution >= 0.6 is 27.5 Å². The smallest absolute Gasteiger partial charge is 0.259 e. The molecule has 0 heterocycles. The number of anilines is 1. The number of rotatable bonds is 6. The molecule has 0 saturated carbocycles. The second-order valence-corrected chi connectivity index (χ2v) is 8.09. The summed E-state index contributed by atoms with van der Waals surface area (Å²) in [6.45, 7) is 0.317. The van der Waals surface area contributed by atoms with Crippen LogP contribution in [0.3, 0.4) is 0 Å². The summed E-state index contributed by atoms with van der Waals surface area (Å²) in [5.74, 6) is -0.109. The first kappa shape index (κ1) is 21.9. The lowest BCUT2D eigenvalue weighted by molar-refractivity contribution is 0.0827. The van der Waals surface area contributed by atoms with Gasteiger partial charge in [0.1, 0.15) is 12.4 Å². The minimum atomic E-state index is -0.379. The number of nitrogens with zero attached hydrogens (tertiary/aromatic N) is 1. The van der Waals surface area contributed by atoms with Crippen molar-refractivity contribution in [2.75, 3.05) is 19.4 Å². The second-order valence-electron chi connectivity index (χ2n) is 6.76. The number of benzene rings is 3. The molecule has 30 heavy (non-hydrogen) atoms. The number of carbonyl (C=O) groups excluding carboxylic acids is 2. The van der Waals surface area contributed by atoms with E-state index in [1.54, 1.807) is 56.6 Å². The zero-order valence-corrected chi connectivity index (χ0v) is 18.8. The van der Waals surface area contributed by atoms with Gasteiger partial charge in [-0.3, -0.25) is 9.59 Å². The number of nitrogens with one attached hydrogen (secondary N) is 1. The van der Waals surface area contributed by atoms with E-state index < -0.39 is 0 Å². The molecular formula is C23H20BrClN2O3. The van der Waals surface area contributed by atoms with Gasteiger partial charge in [-0.05, 0) is 48.0 Å². The third kappa shape index (κ3) is 5.40. The number of ether oxygens (including phenoxy) is 1. The van der Waals surface area contributed by atoms with Gasteiger partial charge in [-0.15, -0.1) is 0 Å². The molecule has 1 N–H and O–H groups in total. The van der Waals surface area contributed by atoms with Gasteiger partial charge in [0.05, 0.1) is 16.3 Å². The summed E-state index contributed by atoms with van der Waals surface area (Å²) >= 11 is 9.67. The Balaban J connectivity index is 1.79. The lowest BCUT2D eigenvalue weighted by Crippen LogP contribution is -2.22. The van der Waals surface area contributed by atoms with E-state index >= 15 is 0 Å². The van der Waals surface area contributed by atoms with Gasteiger partial charge in [0.25, 0.3) is 11.8 Å². The molecule has 7 heteroatoms. The van der Waals surface area contributed by atoms with Crippen molar-refractivity contribution >= 4 is 45.0 Å². The van der Waals surface area contributed by atoms with E-state index in [2.05, 4.69) is 21.2 Å². The highest BCUT2D eigenvalue weighted by molar-refractivity contribution is 9.10. The molecule has 0 spiro atoms. The van der Waals surface area contributed by atoms with Crippen molar-refractivity contribution in [3.05, 3.63) is 92.9 Å². The van der Waals surface area contributed by atoms with Crippen LogP contribution in [0, 0.1) is 0 Å². The lowest BCUT2D eigenvalue weighted by Gasteiger charge is -2.14. The average molecular weight is 488 g/mol. The lowest BCUT2D eigenvalue weighted by atomic mass is 10.1. The highest BCUT2D eigenvalue weighted by Gasteiger charge is 2.16. The molecule has 0 bridgehead atoms. The van der Waals surface area contributed by atoms with Crippen LogP contribution in [0.5, 0.6) is 5.75 Å². The molecule has 0 aromatic heterocycles. The van der Waals surface area contributed by atoms with Gasteiger partial charge in [0, 0.05) is 24.1 Å². The molecule has 3 aromatic rings. The van der Waals surface area contributed by atoms with Crippen molar-refractivity contribution in [1.29, 1.82) is 0 Å². The molecule has 5 nitrogen and oxygen atoms in total. The van der Waals surface area contributed by atoms with Crippen LogP contribution in [-0.2, 0) is 6.61 Å². The Bertz CT molecular complexity index is 1090. The zero-order chi connectivity index (χ0) is 21.7. The first-order valence-corrected chi connectivity index (χ1v) is 10.3. The number of para-hydroxylation sites is 1. The van der Waals surface area contributed by atoms with Crippen LogP contribution in [0.25, 0.3) is 0 Å². The Morgan fingerprint density at radius 3 is 2.53 bits per heavy atom. The van der Waals surface area contributed by atoms with Crippen LogP contribution in [0.4, 0.5) is 5.69 Å². The maximum Gasteiger partial charge on any atom is 0.259 e. The predicted molar refractivity (Wildman–Crippen MR) is 122 cm³/mol. The maximum absolute atomic E-state index is 12.9. The molecule has 0 atom stereocenters. The fraction of sp³-hybridized carbons (Fsp3) is 0.130. The molecular weight excluding hydrogens is 468 g/mol. The van der Waals surface area contributed by atoms with Crippen LogP contribution in [-0.4, -0.2) is 30.8 Å². The number of carbonyl (C=O) groups is 2. The average Bonchev–Trinajstić information content (AvgIpc) is 2.73. The Hall–Kier alpha value is -2.83. The summed E-state index contributed by atoms with van der Waals surface area (Å²) < 4.78 is 6.84. The van der Waals surface area contributed by atoms with E-state index in [0.717, 1.165) is 10.0 Å². The third-order valence-electron chi connectivity index (χ3n) is 4.28. The van der Waals surface area contributed by atoms with Crippen LogP contribution in [0.2, 0.25) is 5.02 Å². The summed E-state index contributed by atoms with van der Waals surface area (Å²) in [6, 6.07) is 19.5. The second kappa shape index (κ2) is 9.78. The Kier molecular flexibility index (Phi) is 7.13.